The number of rotatable bonds is 1. The first-order valence-corrected chi connectivity index (χ1v) is 8.41. The van der Waals surface area contributed by atoms with Gasteiger partial charge in [0.1, 0.15) is 0 Å². The van der Waals surface area contributed by atoms with E-state index in [-0.39, 0.29) is 10.3 Å². The van der Waals surface area contributed by atoms with Gasteiger partial charge in [0.25, 0.3) is 0 Å². The lowest BCUT2D eigenvalue weighted by Crippen LogP contribution is -2.28. The molecule has 1 saturated heterocycles. The lowest BCUT2D eigenvalue weighted by atomic mass is 9.83. The van der Waals surface area contributed by atoms with Gasteiger partial charge in [0.05, 0.1) is 4.58 Å². The first kappa shape index (κ1) is 14.5. The van der Waals surface area contributed by atoms with Crippen LogP contribution in [0.1, 0.15) is 30.9 Å². The Bertz CT molecular complexity index is 497. The lowest BCUT2D eigenvalue weighted by Gasteiger charge is -2.37. The Hall–Kier alpha value is -0.860. The van der Waals surface area contributed by atoms with Crippen molar-refractivity contribution in [2.24, 2.45) is 11.3 Å². The molecule has 1 aliphatic heterocycles. The normalized spacial score (nSPS) is 23.9. The second-order valence-corrected chi connectivity index (χ2v) is 8.46. The number of hydrogen-bond donors (Lipinski definition) is 0. The molecule has 1 fully saturated rings. The summed E-state index contributed by atoms with van der Waals surface area (Å²) in [6.07, 6.45) is 0. The smallest absolute Gasteiger partial charge is 0.385 e. The van der Waals surface area contributed by atoms with Gasteiger partial charge in [-0.25, -0.2) is 0 Å². The van der Waals surface area contributed by atoms with E-state index in [1.165, 1.54) is 6.07 Å². The van der Waals surface area contributed by atoms with Crippen molar-refractivity contribution in [2.75, 3.05) is 11.5 Å². The van der Waals surface area contributed by atoms with Gasteiger partial charge >= 0.3 is 5.69 Å². The van der Waals surface area contributed by atoms with E-state index in [1.807, 2.05) is 23.5 Å². The average molecular weight is 294 g/mol. The topological polar surface area (TPSA) is 51.2 Å². The Morgan fingerprint density at radius 3 is 2.42 bits per heavy atom. The minimum atomic E-state index is 0.0339. The standard InChI is InChI=1S/C14H18N2OS2/c1-14(2,3)9-7-18-13(19-8-9)11-6-10(16-15)4-5-12(11)17/h4-6,9,13H,7-8H2,1-3H3. The summed E-state index contributed by atoms with van der Waals surface area (Å²) in [5, 5.41) is 20.7. The van der Waals surface area contributed by atoms with E-state index in [4.69, 9.17) is 5.39 Å². The van der Waals surface area contributed by atoms with Gasteiger partial charge in [0.2, 0.25) is 5.39 Å². The van der Waals surface area contributed by atoms with Crippen LogP contribution in [0.25, 0.3) is 4.98 Å². The van der Waals surface area contributed by atoms with Crippen LogP contribution in [0, 0.1) is 16.7 Å². The molecule has 0 amide bonds. The minimum Gasteiger partial charge on any atom is -0.872 e. The average Bonchev–Trinajstić information content (AvgIpc) is 2.38. The molecule has 0 aromatic heterocycles. The fourth-order valence-electron chi connectivity index (χ4n) is 1.97. The van der Waals surface area contributed by atoms with Crippen LogP contribution < -0.4 is 5.11 Å². The van der Waals surface area contributed by atoms with Gasteiger partial charge in [0, 0.05) is 12.1 Å². The predicted octanol–water partition coefficient (Wildman–Crippen LogP) is 4.39. The van der Waals surface area contributed by atoms with Crippen molar-refractivity contribution in [3.63, 3.8) is 0 Å². The molecule has 0 radical (unpaired) electrons. The quantitative estimate of drug-likeness (QED) is 0.721. The fraction of sp³-hybridized carbons (Fsp3) is 0.571. The van der Waals surface area contributed by atoms with E-state index >= 15 is 0 Å². The minimum absolute atomic E-state index is 0.0339. The molecule has 19 heavy (non-hydrogen) atoms. The first-order chi connectivity index (χ1) is 8.91. The molecule has 1 aromatic rings. The molecule has 2 rings (SSSR count). The molecule has 0 aliphatic carbocycles. The highest BCUT2D eigenvalue weighted by molar-refractivity contribution is 8.16. The van der Waals surface area contributed by atoms with Crippen LogP contribution in [0.4, 0.5) is 5.69 Å². The van der Waals surface area contributed by atoms with Crippen molar-refractivity contribution in [2.45, 2.75) is 25.4 Å². The molecular formula is C14H18N2OS2. The number of benzene rings is 1. The largest absolute Gasteiger partial charge is 0.872 e. The second-order valence-electron chi connectivity index (χ2n) is 5.88. The van der Waals surface area contributed by atoms with Gasteiger partial charge < -0.3 is 5.11 Å². The van der Waals surface area contributed by atoms with Crippen molar-refractivity contribution in [1.82, 2.24) is 0 Å². The van der Waals surface area contributed by atoms with Crippen LogP contribution in [0.2, 0.25) is 0 Å². The Labute approximate surface area is 122 Å². The van der Waals surface area contributed by atoms with E-state index in [2.05, 4.69) is 25.7 Å². The number of hydrogen-bond acceptors (Lipinski definition) is 4. The Morgan fingerprint density at radius 2 is 1.89 bits per heavy atom. The summed E-state index contributed by atoms with van der Waals surface area (Å²) in [7, 11) is 0. The van der Waals surface area contributed by atoms with Crippen molar-refractivity contribution in [1.29, 1.82) is 5.39 Å². The molecule has 3 nitrogen and oxygen atoms in total. The lowest BCUT2D eigenvalue weighted by molar-refractivity contribution is -0.269. The van der Waals surface area contributed by atoms with Gasteiger partial charge in [-0.2, -0.15) is 0 Å². The molecule has 1 aliphatic rings. The summed E-state index contributed by atoms with van der Waals surface area (Å²) in [5.74, 6) is 2.84. The molecule has 1 heterocycles. The molecule has 5 heteroatoms. The number of nitrogens with zero attached hydrogens (tertiary/aromatic N) is 2. The fourth-order valence-corrected chi connectivity index (χ4v) is 5.75. The molecule has 0 saturated carbocycles. The van der Waals surface area contributed by atoms with Gasteiger partial charge in [-0.15, -0.1) is 29.3 Å². The van der Waals surface area contributed by atoms with Crippen molar-refractivity contribution in [3.05, 3.63) is 28.7 Å². The molecule has 0 atom stereocenters. The maximum Gasteiger partial charge on any atom is 0.385 e. The van der Waals surface area contributed by atoms with Gasteiger partial charge in [-0.1, -0.05) is 26.8 Å². The zero-order valence-corrected chi connectivity index (χ0v) is 13.1. The third kappa shape index (κ3) is 3.37. The van der Waals surface area contributed by atoms with E-state index in [9.17, 15) is 5.11 Å². The predicted molar refractivity (Wildman–Crippen MR) is 81.2 cm³/mol. The maximum absolute atomic E-state index is 11.9. The van der Waals surface area contributed by atoms with Crippen molar-refractivity contribution in [3.8, 4) is 5.75 Å². The summed E-state index contributed by atoms with van der Waals surface area (Å²) in [4.78, 5) is 3.16. The zero-order chi connectivity index (χ0) is 14.0. The maximum atomic E-state index is 11.9. The number of diazo groups is 1. The van der Waals surface area contributed by atoms with E-state index in [1.54, 1.807) is 12.1 Å². The van der Waals surface area contributed by atoms with E-state index in [0.717, 1.165) is 17.1 Å². The Kier molecular flexibility index (Phi) is 4.32. The first-order valence-electron chi connectivity index (χ1n) is 6.31. The highest BCUT2D eigenvalue weighted by atomic mass is 32.2. The van der Waals surface area contributed by atoms with E-state index < -0.39 is 0 Å². The van der Waals surface area contributed by atoms with Crippen LogP contribution in [-0.2, 0) is 0 Å². The van der Waals surface area contributed by atoms with Crippen LogP contribution in [-0.4, -0.2) is 11.5 Å². The molecule has 0 N–H and O–H groups in total. The third-order valence-electron chi connectivity index (χ3n) is 3.49. The Balaban J connectivity index is 2.12. The van der Waals surface area contributed by atoms with Crippen molar-refractivity contribution < 1.29 is 5.11 Å². The van der Waals surface area contributed by atoms with E-state index in [0.29, 0.717) is 17.0 Å². The SMILES string of the molecule is CC(C)(C)C1CSC(c2cc([N+]#N)ccc2[O-])SC1. The number of thioether (sulfide) groups is 2. The third-order valence-corrected chi connectivity index (χ3v) is 6.60. The highest BCUT2D eigenvalue weighted by Gasteiger charge is 2.31. The second kappa shape index (κ2) is 5.64. The summed E-state index contributed by atoms with van der Waals surface area (Å²) < 4.78 is 0.160. The van der Waals surface area contributed by atoms with Gasteiger partial charge in [0.15, 0.2) is 4.98 Å². The summed E-state index contributed by atoms with van der Waals surface area (Å²) in [5.41, 5.74) is 1.51. The molecule has 0 bridgehead atoms. The summed E-state index contributed by atoms with van der Waals surface area (Å²) in [6, 6.07) is 4.73. The van der Waals surface area contributed by atoms with Crippen LogP contribution in [0.3, 0.4) is 0 Å². The van der Waals surface area contributed by atoms with Crippen LogP contribution in [0.5, 0.6) is 5.75 Å². The molecule has 0 unspecified atom stereocenters. The molecule has 1 aromatic carbocycles. The highest BCUT2D eigenvalue weighted by Crippen LogP contribution is 2.51. The monoisotopic (exact) mass is 294 g/mol. The Morgan fingerprint density at radius 1 is 1.26 bits per heavy atom. The molecule has 102 valence electrons. The van der Waals surface area contributed by atoms with Gasteiger partial charge in [-0.3, -0.25) is 0 Å². The summed E-state index contributed by atoms with van der Waals surface area (Å²) in [6.45, 7) is 6.80. The van der Waals surface area contributed by atoms with Crippen LogP contribution >= 0.6 is 23.5 Å². The molecule has 0 spiro atoms. The molecular weight excluding hydrogens is 276 g/mol. The zero-order valence-electron chi connectivity index (χ0n) is 11.4. The van der Waals surface area contributed by atoms with Crippen LogP contribution in [0.15, 0.2) is 18.2 Å². The van der Waals surface area contributed by atoms with Gasteiger partial charge in [-0.05, 0) is 28.4 Å². The summed E-state index contributed by atoms with van der Waals surface area (Å²) >= 11 is 3.65. The van der Waals surface area contributed by atoms with Crippen molar-refractivity contribution >= 4 is 29.2 Å².